The minimum absolute atomic E-state index is 0.282. The first-order chi connectivity index (χ1) is 7.89. The zero-order valence-electron chi connectivity index (χ0n) is 11.6. The molecule has 4 nitrogen and oxygen atoms in total. The second-order valence-corrected chi connectivity index (χ2v) is 5.79. The molecule has 0 aromatic carbocycles. The van der Waals surface area contributed by atoms with Crippen LogP contribution in [-0.4, -0.2) is 43.0 Å². The van der Waals surface area contributed by atoms with Crippen molar-refractivity contribution >= 4 is 5.91 Å². The third-order valence-corrected chi connectivity index (χ3v) is 4.19. The van der Waals surface area contributed by atoms with Gasteiger partial charge in [-0.15, -0.1) is 0 Å². The number of nitrogens with one attached hydrogen (secondary N) is 1. The standard InChI is InChI=1S/C13H27N3O/c1-10-6-5-7-11(8-10)16(4)9-13(2,15-3)12(14)17/h10-11,15H,5-9H2,1-4H3,(H2,14,17). The van der Waals surface area contributed by atoms with Crippen molar-refractivity contribution in [3.8, 4) is 0 Å². The van der Waals surface area contributed by atoms with Crippen LogP contribution in [0.15, 0.2) is 0 Å². The maximum atomic E-state index is 11.5. The molecule has 1 fully saturated rings. The lowest BCUT2D eigenvalue weighted by atomic mass is 9.85. The van der Waals surface area contributed by atoms with Crippen molar-refractivity contribution in [1.29, 1.82) is 0 Å². The third kappa shape index (κ3) is 3.68. The molecule has 3 N–H and O–H groups in total. The van der Waals surface area contributed by atoms with Crippen LogP contribution in [0.4, 0.5) is 0 Å². The Hall–Kier alpha value is -0.610. The molecule has 3 atom stereocenters. The topological polar surface area (TPSA) is 58.4 Å². The van der Waals surface area contributed by atoms with Crippen LogP contribution in [0.3, 0.4) is 0 Å². The molecular formula is C13H27N3O. The number of likely N-dealkylation sites (N-methyl/N-ethyl adjacent to an activating group) is 2. The highest BCUT2D eigenvalue weighted by Crippen LogP contribution is 2.27. The Kier molecular flexibility index (Phi) is 4.95. The number of nitrogens with zero attached hydrogens (tertiary/aromatic N) is 1. The molecule has 4 heteroatoms. The number of amides is 1. The van der Waals surface area contributed by atoms with Crippen molar-refractivity contribution in [2.24, 2.45) is 11.7 Å². The van der Waals surface area contributed by atoms with E-state index in [9.17, 15) is 4.79 Å². The first-order valence-corrected chi connectivity index (χ1v) is 6.58. The fourth-order valence-corrected chi connectivity index (χ4v) is 2.71. The van der Waals surface area contributed by atoms with Crippen LogP contribution in [0.5, 0.6) is 0 Å². The zero-order chi connectivity index (χ0) is 13.1. The van der Waals surface area contributed by atoms with Gasteiger partial charge >= 0.3 is 0 Å². The molecule has 0 aromatic heterocycles. The van der Waals surface area contributed by atoms with Crippen LogP contribution < -0.4 is 11.1 Å². The lowest BCUT2D eigenvalue weighted by Gasteiger charge is -2.38. The molecule has 0 bridgehead atoms. The molecule has 0 spiro atoms. The van der Waals surface area contributed by atoms with Gasteiger partial charge in [0.25, 0.3) is 0 Å². The summed E-state index contributed by atoms with van der Waals surface area (Å²) in [7, 11) is 3.89. The molecule has 0 aromatic rings. The van der Waals surface area contributed by atoms with Crippen molar-refractivity contribution in [3.63, 3.8) is 0 Å². The van der Waals surface area contributed by atoms with Crippen molar-refractivity contribution < 1.29 is 4.79 Å². The Balaban J connectivity index is 2.58. The van der Waals surface area contributed by atoms with E-state index >= 15 is 0 Å². The summed E-state index contributed by atoms with van der Waals surface area (Å²) in [6.07, 6.45) is 5.10. The van der Waals surface area contributed by atoms with Gasteiger partial charge in [0.05, 0.1) is 0 Å². The van der Waals surface area contributed by atoms with Gasteiger partial charge in [0, 0.05) is 12.6 Å². The Morgan fingerprint density at radius 3 is 2.65 bits per heavy atom. The Morgan fingerprint density at radius 2 is 2.18 bits per heavy atom. The van der Waals surface area contributed by atoms with Gasteiger partial charge in [-0.05, 0) is 39.8 Å². The Labute approximate surface area is 105 Å². The van der Waals surface area contributed by atoms with Gasteiger partial charge in [0.1, 0.15) is 5.54 Å². The number of primary amides is 1. The van der Waals surface area contributed by atoms with Gasteiger partial charge in [-0.3, -0.25) is 4.79 Å². The maximum absolute atomic E-state index is 11.5. The summed E-state index contributed by atoms with van der Waals surface area (Å²) < 4.78 is 0. The number of carbonyl (C=O) groups excluding carboxylic acids is 1. The van der Waals surface area contributed by atoms with E-state index in [0.29, 0.717) is 12.6 Å². The van der Waals surface area contributed by atoms with E-state index in [2.05, 4.69) is 24.2 Å². The normalized spacial score (nSPS) is 29.0. The quantitative estimate of drug-likeness (QED) is 0.754. The molecule has 1 amide bonds. The van der Waals surface area contributed by atoms with Gasteiger partial charge in [-0.1, -0.05) is 19.8 Å². The van der Waals surface area contributed by atoms with Crippen molar-refractivity contribution in [3.05, 3.63) is 0 Å². The minimum Gasteiger partial charge on any atom is -0.368 e. The van der Waals surface area contributed by atoms with E-state index in [-0.39, 0.29) is 5.91 Å². The second-order valence-electron chi connectivity index (χ2n) is 5.79. The van der Waals surface area contributed by atoms with Crippen LogP contribution in [0.2, 0.25) is 0 Å². The third-order valence-electron chi connectivity index (χ3n) is 4.19. The van der Waals surface area contributed by atoms with Crippen molar-refractivity contribution in [2.45, 2.75) is 51.1 Å². The molecule has 1 rings (SSSR count). The highest BCUT2D eigenvalue weighted by molar-refractivity contribution is 5.84. The molecule has 0 heterocycles. The van der Waals surface area contributed by atoms with Gasteiger partial charge in [-0.2, -0.15) is 0 Å². The summed E-state index contributed by atoms with van der Waals surface area (Å²) in [5.41, 5.74) is 4.83. The Bertz CT molecular complexity index is 269. The average Bonchev–Trinajstić information content (AvgIpc) is 2.28. The molecule has 1 aliphatic carbocycles. The molecular weight excluding hydrogens is 214 g/mol. The lowest BCUT2D eigenvalue weighted by molar-refractivity contribution is -0.124. The molecule has 0 radical (unpaired) electrons. The molecule has 0 saturated heterocycles. The largest absolute Gasteiger partial charge is 0.368 e. The zero-order valence-corrected chi connectivity index (χ0v) is 11.6. The fraction of sp³-hybridized carbons (Fsp3) is 0.923. The van der Waals surface area contributed by atoms with Crippen LogP contribution >= 0.6 is 0 Å². The highest BCUT2D eigenvalue weighted by Gasteiger charge is 2.33. The molecule has 17 heavy (non-hydrogen) atoms. The molecule has 1 saturated carbocycles. The fourth-order valence-electron chi connectivity index (χ4n) is 2.71. The molecule has 3 unspecified atom stereocenters. The van der Waals surface area contributed by atoms with E-state index < -0.39 is 5.54 Å². The Morgan fingerprint density at radius 1 is 1.53 bits per heavy atom. The number of carbonyl (C=O) groups is 1. The molecule has 1 aliphatic rings. The summed E-state index contributed by atoms with van der Waals surface area (Å²) in [6.45, 7) is 4.86. The minimum atomic E-state index is -0.630. The van der Waals surface area contributed by atoms with Crippen LogP contribution in [-0.2, 0) is 4.79 Å². The van der Waals surface area contributed by atoms with Gasteiger partial charge in [-0.25, -0.2) is 0 Å². The summed E-state index contributed by atoms with van der Waals surface area (Å²) >= 11 is 0. The van der Waals surface area contributed by atoms with E-state index in [4.69, 9.17) is 5.73 Å². The van der Waals surface area contributed by atoms with E-state index in [1.54, 1.807) is 7.05 Å². The van der Waals surface area contributed by atoms with Gasteiger partial charge in [0.15, 0.2) is 0 Å². The van der Waals surface area contributed by atoms with Gasteiger partial charge in [0.2, 0.25) is 5.91 Å². The monoisotopic (exact) mass is 241 g/mol. The second kappa shape index (κ2) is 5.83. The maximum Gasteiger partial charge on any atom is 0.238 e. The van der Waals surface area contributed by atoms with E-state index in [0.717, 1.165) is 5.92 Å². The number of rotatable bonds is 5. The van der Waals surface area contributed by atoms with Gasteiger partial charge < -0.3 is 16.0 Å². The van der Waals surface area contributed by atoms with E-state index in [1.807, 2.05) is 6.92 Å². The summed E-state index contributed by atoms with van der Waals surface area (Å²) in [5, 5.41) is 3.04. The number of hydrogen-bond acceptors (Lipinski definition) is 3. The highest BCUT2D eigenvalue weighted by atomic mass is 16.1. The smallest absolute Gasteiger partial charge is 0.238 e. The van der Waals surface area contributed by atoms with Crippen LogP contribution in [0, 0.1) is 5.92 Å². The van der Waals surface area contributed by atoms with Crippen LogP contribution in [0.25, 0.3) is 0 Å². The first-order valence-electron chi connectivity index (χ1n) is 6.58. The summed E-state index contributed by atoms with van der Waals surface area (Å²) in [6, 6.07) is 0.589. The SMILES string of the molecule is CNC(C)(CN(C)C1CCCC(C)C1)C(N)=O. The summed E-state index contributed by atoms with van der Waals surface area (Å²) in [4.78, 5) is 13.8. The van der Waals surface area contributed by atoms with Crippen molar-refractivity contribution in [1.82, 2.24) is 10.2 Å². The predicted molar refractivity (Wildman–Crippen MR) is 70.7 cm³/mol. The lowest BCUT2D eigenvalue weighted by Crippen LogP contribution is -2.59. The number of nitrogens with two attached hydrogens (primary N) is 1. The summed E-state index contributed by atoms with van der Waals surface area (Å²) in [5.74, 6) is 0.515. The molecule has 100 valence electrons. The first kappa shape index (κ1) is 14.5. The van der Waals surface area contributed by atoms with Crippen LogP contribution in [0.1, 0.15) is 39.5 Å². The van der Waals surface area contributed by atoms with E-state index in [1.165, 1.54) is 25.7 Å². The molecule has 0 aliphatic heterocycles. The predicted octanol–water partition coefficient (Wildman–Crippen LogP) is 0.960. The number of hydrogen-bond donors (Lipinski definition) is 2. The van der Waals surface area contributed by atoms with Crippen molar-refractivity contribution in [2.75, 3.05) is 20.6 Å². The average molecular weight is 241 g/mol.